The Balaban J connectivity index is 1.79. The van der Waals surface area contributed by atoms with Gasteiger partial charge < -0.3 is 9.64 Å². The lowest BCUT2D eigenvalue weighted by Crippen LogP contribution is -2.54. The van der Waals surface area contributed by atoms with Crippen LogP contribution in [0.4, 0.5) is 9.18 Å². The SMILES string of the molecule is CN(C1CCN(C(=O)OC(C)(C)C)CC1)C1CCC1F. The van der Waals surface area contributed by atoms with E-state index in [0.717, 1.165) is 19.3 Å². The number of amides is 1. The van der Waals surface area contributed by atoms with Crippen molar-refractivity contribution in [1.82, 2.24) is 9.80 Å². The first kappa shape index (κ1) is 15.5. The lowest BCUT2D eigenvalue weighted by molar-refractivity contribution is -0.00723. The Hall–Kier alpha value is -0.840. The third-order valence-corrected chi connectivity index (χ3v) is 4.37. The van der Waals surface area contributed by atoms with E-state index in [1.165, 1.54) is 0 Å². The maximum absolute atomic E-state index is 13.5. The summed E-state index contributed by atoms with van der Waals surface area (Å²) in [6.45, 7) is 7.04. The van der Waals surface area contributed by atoms with Crippen LogP contribution < -0.4 is 0 Å². The van der Waals surface area contributed by atoms with Crippen LogP contribution in [0.3, 0.4) is 0 Å². The highest BCUT2D eigenvalue weighted by Gasteiger charge is 2.38. The van der Waals surface area contributed by atoms with Gasteiger partial charge in [0.25, 0.3) is 0 Å². The Labute approximate surface area is 121 Å². The van der Waals surface area contributed by atoms with Crippen molar-refractivity contribution in [3.05, 3.63) is 0 Å². The molecule has 2 fully saturated rings. The number of hydrogen-bond donors (Lipinski definition) is 0. The number of carbonyl (C=O) groups excluding carboxylic acids is 1. The summed E-state index contributed by atoms with van der Waals surface area (Å²) < 4.78 is 18.8. The fraction of sp³-hybridized carbons (Fsp3) is 0.933. The van der Waals surface area contributed by atoms with Gasteiger partial charge in [0.15, 0.2) is 0 Å². The molecule has 0 aromatic heterocycles. The van der Waals surface area contributed by atoms with E-state index in [-0.39, 0.29) is 12.1 Å². The van der Waals surface area contributed by atoms with E-state index in [0.29, 0.717) is 25.6 Å². The molecule has 2 rings (SSSR count). The first-order valence-corrected chi connectivity index (χ1v) is 7.62. The highest BCUT2D eigenvalue weighted by molar-refractivity contribution is 5.68. The average molecular weight is 286 g/mol. The van der Waals surface area contributed by atoms with Crippen LogP contribution in [0.5, 0.6) is 0 Å². The predicted octanol–water partition coefficient (Wildman–Crippen LogP) is 2.82. The first-order chi connectivity index (χ1) is 9.28. The molecule has 0 spiro atoms. The van der Waals surface area contributed by atoms with Crippen molar-refractivity contribution in [2.24, 2.45) is 0 Å². The molecule has 1 amide bonds. The highest BCUT2D eigenvalue weighted by atomic mass is 19.1. The van der Waals surface area contributed by atoms with Crippen molar-refractivity contribution in [1.29, 1.82) is 0 Å². The summed E-state index contributed by atoms with van der Waals surface area (Å²) in [5.41, 5.74) is -0.446. The molecule has 0 aromatic carbocycles. The molecule has 2 atom stereocenters. The summed E-state index contributed by atoms with van der Waals surface area (Å²) in [5.74, 6) is 0. The van der Waals surface area contributed by atoms with Gasteiger partial charge in [-0.1, -0.05) is 0 Å². The molecule has 0 aromatic rings. The van der Waals surface area contributed by atoms with Gasteiger partial charge in [0.1, 0.15) is 11.8 Å². The van der Waals surface area contributed by atoms with Crippen molar-refractivity contribution in [3.63, 3.8) is 0 Å². The summed E-state index contributed by atoms with van der Waals surface area (Å²) in [7, 11) is 2.02. The van der Waals surface area contributed by atoms with Crippen molar-refractivity contribution in [2.45, 2.75) is 70.3 Å². The van der Waals surface area contributed by atoms with Crippen molar-refractivity contribution >= 4 is 6.09 Å². The second kappa shape index (κ2) is 5.88. The molecule has 4 nitrogen and oxygen atoms in total. The minimum absolute atomic E-state index is 0.0908. The topological polar surface area (TPSA) is 32.8 Å². The number of carbonyl (C=O) groups is 1. The summed E-state index contributed by atoms with van der Waals surface area (Å²) in [5, 5.41) is 0. The van der Waals surface area contributed by atoms with Gasteiger partial charge in [-0.25, -0.2) is 9.18 Å². The Morgan fingerprint density at radius 3 is 2.20 bits per heavy atom. The minimum atomic E-state index is -0.663. The maximum Gasteiger partial charge on any atom is 0.410 e. The zero-order chi connectivity index (χ0) is 14.9. The Morgan fingerprint density at radius 1 is 1.20 bits per heavy atom. The molecule has 1 saturated heterocycles. The molecular formula is C15H27FN2O2. The van der Waals surface area contributed by atoms with E-state index < -0.39 is 11.8 Å². The van der Waals surface area contributed by atoms with Gasteiger partial charge in [0, 0.05) is 25.2 Å². The molecule has 2 aliphatic rings. The van der Waals surface area contributed by atoms with E-state index in [9.17, 15) is 9.18 Å². The van der Waals surface area contributed by atoms with Crippen LogP contribution in [0.25, 0.3) is 0 Å². The lowest BCUT2D eigenvalue weighted by atomic mass is 9.87. The van der Waals surface area contributed by atoms with Crippen LogP contribution >= 0.6 is 0 Å². The maximum atomic E-state index is 13.5. The number of likely N-dealkylation sites (tertiary alicyclic amines) is 1. The predicted molar refractivity (Wildman–Crippen MR) is 76.5 cm³/mol. The number of nitrogens with zero attached hydrogens (tertiary/aromatic N) is 2. The molecule has 0 bridgehead atoms. The molecule has 0 radical (unpaired) electrons. The van der Waals surface area contributed by atoms with Crippen molar-refractivity contribution < 1.29 is 13.9 Å². The van der Waals surface area contributed by atoms with Crippen LogP contribution in [0.1, 0.15) is 46.5 Å². The van der Waals surface area contributed by atoms with Gasteiger partial charge in [-0.2, -0.15) is 0 Å². The molecule has 1 heterocycles. The van der Waals surface area contributed by atoms with Crippen molar-refractivity contribution in [2.75, 3.05) is 20.1 Å². The highest BCUT2D eigenvalue weighted by Crippen LogP contribution is 2.31. The van der Waals surface area contributed by atoms with E-state index in [2.05, 4.69) is 4.90 Å². The van der Waals surface area contributed by atoms with Crippen LogP contribution in [0.2, 0.25) is 0 Å². The van der Waals surface area contributed by atoms with Crippen LogP contribution in [-0.2, 0) is 4.74 Å². The number of ether oxygens (including phenoxy) is 1. The van der Waals surface area contributed by atoms with Gasteiger partial charge in [-0.3, -0.25) is 4.90 Å². The monoisotopic (exact) mass is 286 g/mol. The number of halogens is 1. The number of hydrogen-bond acceptors (Lipinski definition) is 3. The van der Waals surface area contributed by atoms with Gasteiger partial charge in [0.05, 0.1) is 0 Å². The molecule has 5 heteroatoms. The van der Waals surface area contributed by atoms with E-state index in [4.69, 9.17) is 4.74 Å². The second-order valence-electron chi connectivity index (χ2n) is 7.02. The third-order valence-electron chi connectivity index (χ3n) is 4.37. The van der Waals surface area contributed by atoms with E-state index >= 15 is 0 Å². The summed E-state index contributed by atoms with van der Waals surface area (Å²) >= 11 is 0. The molecule has 116 valence electrons. The van der Waals surface area contributed by atoms with E-state index in [1.807, 2.05) is 27.8 Å². The fourth-order valence-corrected chi connectivity index (χ4v) is 2.95. The van der Waals surface area contributed by atoms with Crippen LogP contribution in [0.15, 0.2) is 0 Å². The molecule has 2 unspecified atom stereocenters. The zero-order valence-electron chi connectivity index (χ0n) is 13.1. The summed E-state index contributed by atoms with van der Waals surface area (Å²) in [6.07, 6.45) is 2.57. The van der Waals surface area contributed by atoms with Gasteiger partial charge in [-0.15, -0.1) is 0 Å². The first-order valence-electron chi connectivity index (χ1n) is 7.62. The van der Waals surface area contributed by atoms with Crippen molar-refractivity contribution in [3.8, 4) is 0 Å². The Kier molecular flexibility index (Phi) is 4.57. The lowest BCUT2D eigenvalue weighted by Gasteiger charge is -2.45. The van der Waals surface area contributed by atoms with Gasteiger partial charge in [0.2, 0.25) is 0 Å². The number of alkyl halides is 1. The Bertz CT molecular complexity index is 348. The number of piperidine rings is 1. The smallest absolute Gasteiger partial charge is 0.410 e. The molecule has 1 aliphatic heterocycles. The molecule has 1 saturated carbocycles. The number of rotatable bonds is 2. The normalized spacial score (nSPS) is 28.4. The second-order valence-corrected chi connectivity index (χ2v) is 7.02. The Morgan fingerprint density at radius 2 is 1.80 bits per heavy atom. The standard InChI is InChI=1S/C15H27FN2O2/c1-15(2,3)20-14(19)18-9-7-11(8-10-18)17(4)13-6-5-12(13)16/h11-13H,5-10H2,1-4H3. The summed E-state index contributed by atoms with van der Waals surface area (Å²) in [6, 6.07) is 0.477. The molecular weight excluding hydrogens is 259 g/mol. The van der Waals surface area contributed by atoms with E-state index in [1.54, 1.807) is 4.90 Å². The van der Waals surface area contributed by atoms with Gasteiger partial charge in [-0.05, 0) is 53.5 Å². The van der Waals surface area contributed by atoms with Crippen LogP contribution in [0, 0.1) is 0 Å². The van der Waals surface area contributed by atoms with Gasteiger partial charge >= 0.3 is 6.09 Å². The zero-order valence-corrected chi connectivity index (χ0v) is 13.1. The molecule has 0 N–H and O–H groups in total. The molecule has 20 heavy (non-hydrogen) atoms. The summed E-state index contributed by atoms with van der Waals surface area (Å²) in [4.78, 5) is 15.9. The quantitative estimate of drug-likeness (QED) is 0.782. The van der Waals surface area contributed by atoms with Crippen LogP contribution in [-0.4, -0.2) is 59.9 Å². The fourth-order valence-electron chi connectivity index (χ4n) is 2.95. The largest absolute Gasteiger partial charge is 0.444 e. The average Bonchev–Trinajstić information content (AvgIpc) is 2.35. The third kappa shape index (κ3) is 3.62. The minimum Gasteiger partial charge on any atom is -0.444 e. The molecule has 1 aliphatic carbocycles.